The minimum atomic E-state index is -0.690. The van der Waals surface area contributed by atoms with E-state index in [1.165, 1.54) is 12.0 Å². The summed E-state index contributed by atoms with van der Waals surface area (Å²) in [6.07, 6.45) is 0.114. The number of hydrogen-bond acceptors (Lipinski definition) is 6. The van der Waals surface area contributed by atoms with Crippen molar-refractivity contribution in [3.63, 3.8) is 0 Å². The minimum absolute atomic E-state index is 0.175. The molecule has 1 unspecified atom stereocenters. The Morgan fingerprint density at radius 2 is 1.97 bits per heavy atom. The summed E-state index contributed by atoms with van der Waals surface area (Å²) in [4.78, 5) is 34.7. The molecular formula is C26H30BrN3O5. The van der Waals surface area contributed by atoms with Crippen molar-refractivity contribution in [2.75, 3.05) is 25.1 Å². The Kier molecular flexibility index (Phi) is 7.07. The highest BCUT2D eigenvalue weighted by Crippen LogP contribution is 2.40. The highest BCUT2D eigenvalue weighted by atomic mass is 79.9. The molecule has 1 atom stereocenters. The second-order valence-electron chi connectivity index (χ2n) is 9.69. The zero-order valence-corrected chi connectivity index (χ0v) is 22.1. The molecule has 0 radical (unpaired) electrons. The first kappa shape index (κ1) is 25.0. The van der Waals surface area contributed by atoms with E-state index < -0.39 is 11.7 Å². The zero-order chi connectivity index (χ0) is 25.3. The molecule has 186 valence electrons. The number of anilines is 1. The zero-order valence-electron chi connectivity index (χ0n) is 20.5. The molecule has 1 saturated heterocycles. The molecule has 2 aromatic rings. The topological polar surface area (TPSA) is 81.2 Å². The van der Waals surface area contributed by atoms with E-state index in [1.54, 1.807) is 17.0 Å². The van der Waals surface area contributed by atoms with Gasteiger partial charge in [-0.05, 0) is 45.4 Å². The third kappa shape index (κ3) is 5.45. The van der Waals surface area contributed by atoms with Crippen LogP contribution in [0.25, 0.3) is 0 Å². The fraction of sp³-hybridized carbons (Fsp3) is 0.423. The van der Waals surface area contributed by atoms with Crippen molar-refractivity contribution in [2.45, 2.75) is 50.8 Å². The number of rotatable bonds is 5. The van der Waals surface area contributed by atoms with Gasteiger partial charge < -0.3 is 19.1 Å². The molecule has 3 heterocycles. The number of pyridine rings is 1. The first-order chi connectivity index (χ1) is 16.6. The van der Waals surface area contributed by atoms with Crippen LogP contribution in [0.1, 0.15) is 48.9 Å². The van der Waals surface area contributed by atoms with Gasteiger partial charge in [0, 0.05) is 17.9 Å². The predicted octanol–water partition coefficient (Wildman–Crippen LogP) is 5.09. The second kappa shape index (κ2) is 9.89. The molecule has 9 heteroatoms. The Balaban J connectivity index is 1.74. The van der Waals surface area contributed by atoms with Crippen molar-refractivity contribution >= 4 is 33.6 Å². The van der Waals surface area contributed by atoms with Crippen LogP contribution < -0.4 is 14.4 Å². The number of benzene rings is 1. The summed E-state index contributed by atoms with van der Waals surface area (Å²) in [7, 11) is 1.52. The Labute approximate surface area is 214 Å². The number of aromatic nitrogens is 1. The second-order valence-corrected chi connectivity index (χ2v) is 10.3. The third-order valence-electron chi connectivity index (χ3n) is 5.81. The van der Waals surface area contributed by atoms with Gasteiger partial charge in [0.15, 0.2) is 11.5 Å². The lowest BCUT2D eigenvalue weighted by molar-refractivity contribution is 0.0567. The number of ether oxygens (including phenoxy) is 3. The minimum Gasteiger partial charge on any atom is -0.493 e. The van der Waals surface area contributed by atoms with Gasteiger partial charge in [-0.25, -0.2) is 4.79 Å². The molecule has 0 saturated carbocycles. The number of alkyl halides is 1. The summed E-state index contributed by atoms with van der Waals surface area (Å²) in [6.45, 7) is 10.5. The maximum atomic E-state index is 13.5. The highest BCUT2D eigenvalue weighted by Gasteiger charge is 2.41. The van der Waals surface area contributed by atoms with Gasteiger partial charge >= 0.3 is 6.09 Å². The predicted molar refractivity (Wildman–Crippen MR) is 136 cm³/mol. The van der Waals surface area contributed by atoms with Crippen LogP contribution in [-0.2, 0) is 16.7 Å². The number of hydrogen-bond donors (Lipinski definition) is 0. The van der Waals surface area contributed by atoms with Crippen LogP contribution in [0.4, 0.5) is 10.5 Å². The Hall–Kier alpha value is -3.07. The monoisotopic (exact) mass is 543 g/mol. The maximum Gasteiger partial charge on any atom is 0.414 e. The van der Waals surface area contributed by atoms with E-state index in [2.05, 4.69) is 27.5 Å². The van der Waals surface area contributed by atoms with E-state index >= 15 is 0 Å². The van der Waals surface area contributed by atoms with Crippen LogP contribution >= 0.6 is 15.9 Å². The number of amides is 2. The molecule has 0 bridgehead atoms. The largest absolute Gasteiger partial charge is 0.493 e. The number of fused-ring (bicyclic) bond motifs is 2. The Morgan fingerprint density at radius 1 is 1.23 bits per heavy atom. The molecule has 4 rings (SSSR count). The van der Waals surface area contributed by atoms with E-state index in [0.717, 1.165) is 17.0 Å². The van der Waals surface area contributed by atoms with E-state index in [-0.39, 0.29) is 18.6 Å². The van der Waals surface area contributed by atoms with Gasteiger partial charge in [0.2, 0.25) is 0 Å². The fourth-order valence-electron chi connectivity index (χ4n) is 4.28. The average Bonchev–Trinajstić information content (AvgIpc) is 3.14. The molecule has 0 spiro atoms. The smallest absolute Gasteiger partial charge is 0.414 e. The molecule has 8 nitrogen and oxygen atoms in total. The van der Waals surface area contributed by atoms with Crippen LogP contribution in [0, 0.1) is 0 Å². The quantitative estimate of drug-likeness (QED) is 0.386. The molecule has 0 N–H and O–H groups in total. The summed E-state index contributed by atoms with van der Waals surface area (Å²) in [5.74, 6) is 0.630. The van der Waals surface area contributed by atoms with Crippen molar-refractivity contribution in [1.29, 1.82) is 0 Å². The molecule has 2 amide bonds. The van der Waals surface area contributed by atoms with E-state index in [9.17, 15) is 9.59 Å². The number of halogens is 1. The van der Waals surface area contributed by atoms with Gasteiger partial charge in [-0.2, -0.15) is 0 Å². The van der Waals surface area contributed by atoms with Crippen LogP contribution in [0.3, 0.4) is 0 Å². The molecule has 1 aromatic carbocycles. The molecular weight excluding hydrogens is 514 g/mol. The van der Waals surface area contributed by atoms with Gasteiger partial charge in [-0.15, -0.1) is 0 Å². The van der Waals surface area contributed by atoms with E-state index in [4.69, 9.17) is 14.2 Å². The van der Waals surface area contributed by atoms with Crippen LogP contribution in [-0.4, -0.2) is 53.7 Å². The molecule has 2 aliphatic rings. The number of carbonyl (C=O) groups excluding carboxylic acids is 2. The van der Waals surface area contributed by atoms with Gasteiger partial charge in [0.05, 0.1) is 42.3 Å². The fourth-order valence-corrected chi connectivity index (χ4v) is 4.60. The Bertz CT molecular complexity index is 1160. The molecule has 1 fully saturated rings. The number of methoxy groups -OCH3 is 1. The van der Waals surface area contributed by atoms with Gasteiger partial charge in [0.25, 0.3) is 5.91 Å². The number of carbonyl (C=O) groups is 2. The highest BCUT2D eigenvalue weighted by molar-refractivity contribution is 9.08. The van der Waals surface area contributed by atoms with Gasteiger partial charge in [-0.3, -0.25) is 14.7 Å². The standard InChI is InChI=1S/C26H30BrN3O5/c1-16-9-19-14-30(25(32)35-26(2,3)4)21-11-23(34-15-18-8-6-7-17(12-27)28-18)22(33-5)10-20(21)24(31)29(19)13-16/h6-8,10-11,19H,1,9,12-15H2,2-5H3. The van der Waals surface area contributed by atoms with Gasteiger partial charge in [-0.1, -0.05) is 34.1 Å². The average molecular weight is 544 g/mol. The van der Waals surface area contributed by atoms with E-state index in [1.807, 2.05) is 39.0 Å². The summed E-state index contributed by atoms with van der Waals surface area (Å²) in [5, 5.41) is 0.639. The lowest BCUT2D eigenvalue weighted by Crippen LogP contribution is -2.43. The summed E-state index contributed by atoms with van der Waals surface area (Å²) in [5.41, 5.74) is 2.70. The molecule has 1 aromatic heterocycles. The van der Waals surface area contributed by atoms with Gasteiger partial charge in [0.1, 0.15) is 12.2 Å². The summed E-state index contributed by atoms with van der Waals surface area (Å²) >= 11 is 3.42. The molecule has 0 aliphatic carbocycles. The van der Waals surface area contributed by atoms with Crippen molar-refractivity contribution < 1.29 is 23.8 Å². The molecule has 35 heavy (non-hydrogen) atoms. The van der Waals surface area contributed by atoms with E-state index in [0.29, 0.717) is 47.6 Å². The summed E-state index contributed by atoms with van der Waals surface area (Å²) in [6, 6.07) is 8.85. The van der Waals surface area contributed by atoms with Crippen molar-refractivity contribution in [2.24, 2.45) is 0 Å². The molecule has 2 aliphatic heterocycles. The first-order valence-corrected chi connectivity index (χ1v) is 12.6. The summed E-state index contributed by atoms with van der Waals surface area (Å²) < 4.78 is 17.3. The number of nitrogens with zero attached hydrogens (tertiary/aromatic N) is 3. The van der Waals surface area contributed by atoms with Crippen LogP contribution in [0.5, 0.6) is 11.5 Å². The van der Waals surface area contributed by atoms with Crippen molar-refractivity contribution in [3.8, 4) is 11.5 Å². The van der Waals surface area contributed by atoms with Crippen LogP contribution in [0.2, 0.25) is 0 Å². The lowest BCUT2D eigenvalue weighted by atomic mass is 10.1. The SMILES string of the molecule is C=C1CC2CN(C(=O)OC(C)(C)C)c3cc(OCc4cccc(CBr)n4)c(OC)cc3C(=O)N2C1. The Morgan fingerprint density at radius 3 is 2.66 bits per heavy atom. The maximum absolute atomic E-state index is 13.5. The normalized spacial score (nSPS) is 17.6. The first-order valence-electron chi connectivity index (χ1n) is 11.4. The van der Waals surface area contributed by atoms with Crippen LogP contribution in [0.15, 0.2) is 42.5 Å². The van der Waals surface area contributed by atoms with Crippen molar-refractivity contribution in [3.05, 3.63) is 59.4 Å². The third-order valence-corrected chi connectivity index (χ3v) is 6.38. The lowest BCUT2D eigenvalue weighted by Gasteiger charge is -2.29. The van der Waals surface area contributed by atoms with Crippen molar-refractivity contribution in [1.82, 2.24) is 9.88 Å².